The maximum absolute atomic E-state index is 14.3. The minimum absolute atomic E-state index is 0.0277. The van der Waals surface area contributed by atoms with Crippen LogP contribution < -0.4 is 10.6 Å². The van der Waals surface area contributed by atoms with E-state index in [1.54, 1.807) is 31.0 Å². The van der Waals surface area contributed by atoms with Gasteiger partial charge in [-0.3, -0.25) is 9.59 Å². The topological polar surface area (TPSA) is 107 Å². The number of rotatable bonds is 7. The van der Waals surface area contributed by atoms with E-state index in [-0.39, 0.29) is 35.6 Å². The maximum Gasteiger partial charge on any atom is 0.280 e. The van der Waals surface area contributed by atoms with Gasteiger partial charge in [-0.25, -0.2) is 18.7 Å². The number of aryl methyl sites for hydroxylation is 1. The van der Waals surface area contributed by atoms with E-state index in [1.165, 1.54) is 0 Å². The van der Waals surface area contributed by atoms with Gasteiger partial charge in [0.2, 0.25) is 0 Å². The molecule has 0 bridgehead atoms. The second kappa shape index (κ2) is 10.6. The van der Waals surface area contributed by atoms with Crippen molar-refractivity contribution in [1.82, 2.24) is 20.2 Å². The first-order valence-electron chi connectivity index (χ1n) is 12.8. The molecule has 0 radical (unpaired) electrons. The molecule has 4 rings (SSSR count). The molecule has 2 aromatic rings. The number of hydrogen-bond donors (Lipinski definition) is 3. The van der Waals surface area contributed by atoms with Gasteiger partial charge in [-0.2, -0.15) is 0 Å². The fourth-order valence-electron chi connectivity index (χ4n) is 4.81. The van der Waals surface area contributed by atoms with Crippen LogP contribution in [0.15, 0.2) is 12.3 Å². The third-order valence-electron chi connectivity index (χ3n) is 6.96. The summed E-state index contributed by atoms with van der Waals surface area (Å²) < 4.78 is 28.7. The van der Waals surface area contributed by atoms with Gasteiger partial charge < -0.3 is 20.6 Å². The molecule has 8 nitrogen and oxygen atoms in total. The highest BCUT2D eigenvalue weighted by atomic mass is 32.1. The SMILES string of the molecule is Cc1cc(N[C@H]2CCCCC2(F)F)ncc1-c1sc(C(=O)NCC(C)(C)O)nc1C(=O)N1CCC[C@@H]1C. The molecule has 0 spiro atoms. The lowest BCUT2D eigenvalue weighted by atomic mass is 9.91. The Hall–Kier alpha value is -2.66. The van der Waals surface area contributed by atoms with Crippen molar-refractivity contribution in [3.05, 3.63) is 28.5 Å². The largest absolute Gasteiger partial charge is 0.389 e. The van der Waals surface area contributed by atoms with E-state index in [2.05, 4.69) is 20.6 Å². The summed E-state index contributed by atoms with van der Waals surface area (Å²) in [6, 6.07) is 0.792. The van der Waals surface area contributed by atoms with Crippen LogP contribution in [0.3, 0.4) is 0 Å². The van der Waals surface area contributed by atoms with Gasteiger partial charge in [0.05, 0.1) is 16.5 Å². The lowest BCUT2D eigenvalue weighted by molar-refractivity contribution is -0.0449. The maximum atomic E-state index is 14.3. The van der Waals surface area contributed by atoms with Crippen molar-refractivity contribution < 1.29 is 23.5 Å². The van der Waals surface area contributed by atoms with Crippen LogP contribution in [0.1, 0.15) is 85.2 Å². The van der Waals surface area contributed by atoms with Gasteiger partial charge in [0, 0.05) is 37.3 Å². The van der Waals surface area contributed by atoms with Crippen LogP contribution in [0.2, 0.25) is 0 Å². The summed E-state index contributed by atoms with van der Waals surface area (Å²) in [5, 5.41) is 15.6. The Morgan fingerprint density at radius 1 is 1.27 bits per heavy atom. The average Bonchev–Trinajstić information content (AvgIpc) is 3.45. The zero-order chi connectivity index (χ0) is 27.0. The Morgan fingerprint density at radius 3 is 2.65 bits per heavy atom. The van der Waals surface area contributed by atoms with Crippen LogP contribution in [0.5, 0.6) is 0 Å². The van der Waals surface area contributed by atoms with Gasteiger partial charge >= 0.3 is 0 Å². The van der Waals surface area contributed by atoms with Gasteiger partial charge in [-0.05, 0) is 65.0 Å². The Labute approximate surface area is 219 Å². The second-order valence-electron chi connectivity index (χ2n) is 10.8. The van der Waals surface area contributed by atoms with Crippen molar-refractivity contribution in [2.24, 2.45) is 0 Å². The molecule has 202 valence electrons. The third kappa shape index (κ3) is 6.26. The zero-order valence-corrected chi connectivity index (χ0v) is 22.6. The summed E-state index contributed by atoms with van der Waals surface area (Å²) in [5.74, 6) is -3.17. The van der Waals surface area contributed by atoms with E-state index < -0.39 is 23.5 Å². The summed E-state index contributed by atoms with van der Waals surface area (Å²) in [5.41, 5.74) is 0.428. The lowest BCUT2D eigenvalue weighted by Crippen LogP contribution is -2.42. The second-order valence-corrected chi connectivity index (χ2v) is 11.8. The lowest BCUT2D eigenvalue weighted by Gasteiger charge is -2.32. The van der Waals surface area contributed by atoms with Crippen molar-refractivity contribution in [3.63, 3.8) is 0 Å². The number of alkyl halides is 2. The van der Waals surface area contributed by atoms with Crippen molar-refractivity contribution in [2.45, 2.75) is 89.8 Å². The molecule has 1 aliphatic carbocycles. The van der Waals surface area contributed by atoms with E-state index >= 15 is 0 Å². The Bertz CT molecular complexity index is 1160. The molecule has 0 aromatic carbocycles. The van der Waals surface area contributed by atoms with Crippen LogP contribution in [-0.2, 0) is 0 Å². The fourth-order valence-corrected chi connectivity index (χ4v) is 5.86. The van der Waals surface area contributed by atoms with Crippen molar-refractivity contribution in [2.75, 3.05) is 18.4 Å². The third-order valence-corrected chi connectivity index (χ3v) is 8.05. The summed E-state index contributed by atoms with van der Waals surface area (Å²) in [6.07, 6.45) is 4.84. The highest BCUT2D eigenvalue weighted by molar-refractivity contribution is 7.17. The van der Waals surface area contributed by atoms with Crippen LogP contribution in [0, 0.1) is 6.92 Å². The van der Waals surface area contributed by atoms with E-state index in [1.807, 2.05) is 13.8 Å². The number of aromatic nitrogens is 2. The molecule has 37 heavy (non-hydrogen) atoms. The van der Waals surface area contributed by atoms with E-state index in [0.717, 1.165) is 36.2 Å². The van der Waals surface area contributed by atoms with Gasteiger partial charge in [0.25, 0.3) is 17.7 Å². The number of pyridine rings is 1. The highest BCUT2D eigenvalue weighted by Crippen LogP contribution is 2.37. The van der Waals surface area contributed by atoms with Crippen LogP contribution in [0.4, 0.5) is 14.6 Å². The summed E-state index contributed by atoms with van der Waals surface area (Å²) >= 11 is 1.08. The molecule has 2 fully saturated rings. The number of nitrogens with zero attached hydrogens (tertiary/aromatic N) is 3. The van der Waals surface area contributed by atoms with Gasteiger partial charge in [-0.1, -0.05) is 6.42 Å². The zero-order valence-electron chi connectivity index (χ0n) is 21.7. The molecule has 2 atom stereocenters. The monoisotopic (exact) mass is 535 g/mol. The quantitative estimate of drug-likeness (QED) is 0.477. The molecule has 2 aromatic heterocycles. The standard InChI is InChI=1S/C26H35F2N5O3S/c1-15-12-19(31-18-9-5-6-10-26(18,27)28)29-13-17(15)21-20(24(35)33-11-7-8-16(33)2)32-23(37-21)22(34)30-14-25(3,4)36/h12-13,16,18,36H,5-11,14H2,1-4H3,(H,29,31)(H,30,34)/t16-,18-/m0/s1. The molecule has 1 aliphatic heterocycles. The van der Waals surface area contributed by atoms with E-state index in [4.69, 9.17) is 0 Å². The molecule has 2 aliphatic rings. The summed E-state index contributed by atoms with van der Waals surface area (Å²) in [4.78, 5) is 37.4. The number of likely N-dealkylation sites (tertiary alicyclic amines) is 1. The number of nitrogens with one attached hydrogen (secondary N) is 2. The molecule has 3 N–H and O–H groups in total. The number of hydrogen-bond acceptors (Lipinski definition) is 7. The first kappa shape index (κ1) is 27.4. The Kier molecular flexibility index (Phi) is 7.85. The number of thiazole rings is 1. The van der Waals surface area contributed by atoms with E-state index in [9.17, 15) is 23.5 Å². The normalized spacial score (nSPS) is 21.6. The summed E-state index contributed by atoms with van der Waals surface area (Å²) in [7, 11) is 0. The average molecular weight is 536 g/mol. The number of carbonyl (C=O) groups is 2. The van der Waals surface area contributed by atoms with Crippen LogP contribution in [0.25, 0.3) is 10.4 Å². The number of amides is 2. The number of aliphatic hydroxyl groups is 1. The van der Waals surface area contributed by atoms with Crippen LogP contribution in [-0.4, -0.2) is 68.5 Å². The van der Waals surface area contributed by atoms with Gasteiger partial charge in [0.1, 0.15) is 11.5 Å². The molecular formula is C26H35F2N5O3S. The highest BCUT2D eigenvalue weighted by Gasteiger charge is 2.41. The predicted octanol–water partition coefficient (Wildman–Crippen LogP) is 4.63. The Balaban J connectivity index is 1.65. The molecule has 1 saturated carbocycles. The minimum atomic E-state index is -2.79. The minimum Gasteiger partial charge on any atom is -0.389 e. The molecular weight excluding hydrogens is 500 g/mol. The fraction of sp³-hybridized carbons (Fsp3) is 0.615. The number of anilines is 1. The van der Waals surface area contributed by atoms with Gasteiger partial charge in [-0.15, -0.1) is 11.3 Å². The number of carbonyl (C=O) groups excluding carboxylic acids is 2. The first-order valence-corrected chi connectivity index (χ1v) is 13.6. The summed E-state index contributed by atoms with van der Waals surface area (Å²) in [6.45, 7) is 7.62. The molecule has 1 saturated heterocycles. The first-order chi connectivity index (χ1) is 17.4. The van der Waals surface area contributed by atoms with E-state index in [0.29, 0.717) is 35.6 Å². The Morgan fingerprint density at radius 2 is 2.03 bits per heavy atom. The predicted molar refractivity (Wildman–Crippen MR) is 139 cm³/mol. The van der Waals surface area contributed by atoms with Crippen LogP contribution >= 0.6 is 11.3 Å². The van der Waals surface area contributed by atoms with Crippen molar-refractivity contribution in [3.8, 4) is 10.4 Å². The molecule has 0 unspecified atom stereocenters. The molecule has 11 heteroatoms. The molecule has 2 amide bonds. The smallest absolute Gasteiger partial charge is 0.280 e. The van der Waals surface area contributed by atoms with Crippen molar-refractivity contribution in [1.29, 1.82) is 0 Å². The van der Waals surface area contributed by atoms with Crippen molar-refractivity contribution >= 4 is 29.0 Å². The van der Waals surface area contributed by atoms with Gasteiger partial charge in [0.15, 0.2) is 5.01 Å². The number of halogens is 2. The molecule has 3 heterocycles.